The van der Waals surface area contributed by atoms with Gasteiger partial charge in [-0.3, -0.25) is 14.5 Å². The number of piperidine rings is 1. The van der Waals surface area contributed by atoms with Gasteiger partial charge < -0.3 is 9.64 Å². The minimum Gasteiger partial charge on any atom is -0.384 e. The molecule has 4 rings (SSSR count). The van der Waals surface area contributed by atoms with Crippen LogP contribution in [0.4, 0.5) is 10.2 Å². The fourth-order valence-corrected chi connectivity index (χ4v) is 4.31. The first-order valence-corrected chi connectivity index (χ1v) is 10.7. The summed E-state index contributed by atoms with van der Waals surface area (Å²) in [6.07, 6.45) is 3.32. The number of rotatable bonds is 6. The summed E-state index contributed by atoms with van der Waals surface area (Å²) in [6.45, 7) is 3.26. The van der Waals surface area contributed by atoms with Gasteiger partial charge in [-0.1, -0.05) is 12.1 Å². The van der Waals surface area contributed by atoms with Gasteiger partial charge in [0.05, 0.1) is 32.0 Å². The Balaban J connectivity index is 1.64. The van der Waals surface area contributed by atoms with Crippen LogP contribution in [0.1, 0.15) is 54.4 Å². The van der Waals surface area contributed by atoms with Gasteiger partial charge in [0.15, 0.2) is 5.82 Å². The Morgan fingerprint density at radius 3 is 2.74 bits per heavy atom. The molecule has 1 aromatic carbocycles. The number of methoxy groups -OCH3 is 1. The average Bonchev–Trinajstić information content (AvgIpc) is 3.09. The molecule has 8 heteroatoms. The highest BCUT2D eigenvalue weighted by Gasteiger charge is 2.35. The number of aromatic nitrogens is 2. The van der Waals surface area contributed by atoms with Gasteiger partial charge in [-0.25, -0.2) is 14.4 Å². The lowest BCUT2D eigenvalue weighted by atomic mass is 10.0. The molecule has 2 aliphatic rings. The van der Waals surface area contributed by atoms with E-state index in [-0.39, 0.29) is 30.1 Å². The number of aryl methyl sites for hydroxylation is 1. The lowest BCUT2D eigenvalue weighted by molar-refractivity contribution is -0.136. The molecule has 31 heavy (non-hydrogen) atoms. The molecule has 164 valence electrons. The van der Waals surface area contributed by atoms with Crippen molar-refractivity contribution >= 4 is 17.6 Å². The molecule has 0 bridgehead atoms. The van der Waals surface area contributed by atoms with E-state index >= 15 is 0 Å². The molecule has 1 aromatic heterocycles. The van der Waals surface area contributed by atoms with E-state index in [1.807, 2.05) is 11.8 Å². The summed E-state index contributed by atoms with van der Waals surface area (Å²) in [5.41, 5.74) is 2.42. The first-order chi connectivity index (χ1) is 15.0. The number of benzene rings is 1. The Bertz CT molecular complexity index is 980. The lowest BCUT2D eigenvalue weighted by Gasteiger charge is -2.35. The normalized spacial score (nSPS) is 18.4. The van der Waals surface area contributed by atoms with Crippen LogP contribution < -0.4 is 4.90 Å². The molecule has 0 aliphatic carbocycles. The van der Waals surface area contributed by atoms with Gasteiger partial charge in [0.25, 0.3) is 0 Å². The highest BCUT2D eigenvalue weighted by atomic mass is 19.1. The van der Waals surface area contributed by atoms with Gasteiger partial charge in [-0.05, 0) is 43.9 Å². The van der Waals surface area contributed by atoms with Gasteiger partial charge in [-0.15, -0.1) is 0 Å². The summed E-state index contributed by atoms with van der Waals surface area (Å²) in [5, 5.41) is 0. The van der Waals surface area contributed by atoms with Crippen LogP contribution in [0.25, 0.3) is 0 Å². The Morgan fingerprint density at radius 2 is 2.00 bits per heavy atom. The van der Waals surface area contributed by atoms with Gasteiger partial charge >= 0.3 is 0 Å². The maximum Gasteiger partial charge on any atom is 0.233 e. The first-order valence-electron chi connectivity index (χ1n) is 10.7. The van der Waals surface area contributed by atoms with Crippen molar-refractivity contribution in [2.75, 3.05) is 25.2 Å². The van der Waals surface area contributed by atoms with Crippen LogP contribution in [-0.4, -0.2) is 46.9 Å². The van der Waals surface area contributed by atoms with Gasteiger partial charge in [0, 0.05) is 24.9 Å². The zero-order valence-corrected chi connectivity index (χ0v) is 17.9. The fraction of sp³-hybridized carbons (Fsp3) is 0.478. The molecule has 0 saturated carbocycles. The van der Waals surface area contributed by atoms with Crippen LogP contribution >= 0.6 is 0 Å². The number of hydrogen-bond acceptors (Lipinski definition) is 5. The SMILES string of the molecule is COCCC(=O)N1CCCCC1c1nc(C)c2c(n1)N(Cc1ccc(F)cc1)C(=O)C2. The maximum atomic E-state index is 13.3. The highest BCUT2D eigenvalue weighted by Crippen LogP contribution is 2.35. The van der Waals surface area contributed by atoms with E-state index in [9.17, 15) is 14.0 Å². The molecule has 1 unspecified atom stereocenters. The number of anilines is 1. The molecule has 1 atom stereocenters. The Morgan fingerprint density at radius 1 is 1.23 bits per heavy atom. The van der Waals surface area contributed by atoms with Crippen molar-refractivity contribution in [3.8, 4) is 0 Å². The number of likely N-dealkylation sites (tertiary alicyclic amines) is 1. The van der Waals surface area contributed by atoms with Crippen LogP contribution in [0.15, 0.2) is 24.3 Å². The van der Waals surface area contributed by atoms with Crippen molar-refractivity contribution in [2.45, 2.75) is 51.6 Å². The summed E-state index contributed by atoms with van der Waals surface area (Å²) >= 11 is 0. The number of fused-ring (bicyclic) bond motifs is 1. The minimum absolute atomic E-state index is 0.0348. The van der Waals surface area contributed by atoms with Crippen LogP contribution in [0.2, 0.25) is 0 Å². The van der Waals surface area contributed by atoms with E-state index in [0.717, 1.165) is 36.1 Å². The number of amides is 2. The summed E-state index contributed by atoms with van der Waals surface area (Å²) in [6, 6.07) is 5.92. The monoisotopic (exact) mass is 426 g/mol. The molecule has 2 aromatic rings. The van der Waals surface area contributed by atoms with Crippen molar-refractivity contribution in [1.29, 1.82) is 0 Å². The van der Waals surface area contributed by atoms with E-state index in [4.69, 9.17) is 14.7 Å². The summed E-state index contributed by atoms with van der Waals surface area (Å²) < 4.78 is 18.3. The van der Waals surface area contributed by atoms with E-state index in [1.165, 1.54) is 12.1 Å². The Kier molecular flexibility index (Phi) is 6.27. The molecule has 1 saturated heterocycles. The summed E-state index contributed by atoms with van der Waals surface area (Å²) in [5.74, 6) is 0.859. The Labute approximate surface area is 181 Å². The molecule has 0 N–H and O–H groups in total. The number of ether oxygens (including phenoxy) is 1. The van der Waals surface area contributed by atoms with Crippen molar-refractivity contribution in [3.63, 3.8) is 0 Å². The number of carbonyl (C=O) groups excluding carboxylic acids is 2. The second-order valence-electron chi connectivity index (χ2n) is 8.09. The van der Waals surface area contributed by atoms with Crippen molar-refractivity contribution in [1.82, 2.24) is 14.9 Å². The topological polar surface area (TPSA) is 75.6 Å². The van der Waals surface area contributed by atoms with Crippen molar-refractivity contribution in [3.05, 3.63) is 52.7 Å². The van der Waals surface area contributed by atoms with Crippen molar-refractivity contribution in [2.24, 2.45) is 0 Å². The van der Waals surface area contributed by atoms with Crippen LogP contribution in [0.3, 0.4) is 0 Å². The first kappa shape index (κ1) is 21.4. The number of hydrogen-bond donors (Lipinski definition) is 0. The van der Waals surface area contributed by atoms with Crippen molar-refractivity contribution < 1.29 is 18.7 Å². The molecule has 0 spiro atoms. The third-order valence-electron chi connectivity index (χ3n) is 5.99. The standard InChI is InChI=1S/C23H27FN4O3/c1-15-18-13-21(30)28(14-16-6-8-17(24)9-7-16)23(18)26-22(25-15)19-5-3-4-11-27(19)20(29)10-12-31-2/h6-9,19H,3-5,10-14H2,1-2H3. The average molecular weight is 426 g/mol. The third kappa shape index (κ3) is 4.44. The summed E-state index contributed by atoms with van der Waals surface area (Å²) in [4.78, 5) is 38.5. The van der Waals surface area contributed by atoms with Gasteiger partial charge in [-0.2, -0.15) is 0 Å². The molecule has 7 nitrogen and oxygen atoms in total. The summed E-state index contributed by atoms with van der Waals surface area (Å²) in [7, 11) is 1.58. The largest absolute Gasteiger partial charge is 0.384 e. The zero-order chi connectivity index (χ0) is 22.0. The fourth-order valence-electron chi connectivity index (χ4n) is 4.31. The van der Waals surface area contributed by atoms with Crippen LogP contribution in [0, 0.1) is 12.7 Å². The molecule has 2 aliphatic heterocycles. The molecule has 0 radical (unpaired) electrons. The second kappa shape index (κ2) is 9.09. The van der Waals surface area contributed by atoms with E-state index in [0.29, 0.717) is 37.8 Å². The smallest absolute Gasteiger partial charge is 0.233 e. The second-order valence-corrected chi connectivity index (χ2v) is 8.09. The third-order valence-corrected chi connectivity index (χ3v) is 5.99. The Hall–Kier alpha value is -2.87. The van der Waals surface area contributed by atoms with E-state index in [2.05, 4.69) is 0 Å². The molecule has 2 amide bonds. The molecule has 1 fully saturated rings. The zero-order valence-electron chi connectivity index (χ0n) is 17.9. The van der Waals surface area contributed by atoms with E-state index in [1.54, 1.807) is 24.1 Å². The molecular formula is C23H27FN4O3. The van der Waals surface area contributed by atoms with Gasteiger partial charge in [0.2, 0.25) is 11.8 Å². The predicted molar refractivity (Wildman–Crippen MR) is 113 cm³/mol. The lowest BCUT2D eigenvalue weighted by Crippen LogP contribution is -2.40. The predicted octanol–water partition coefficient (Wildman–Crippen LogP) is 3.10. The quantitative estimate of drug-likeness (QED) is 0.710. The number of carbonyl (C=O) groups is 2. The van der Waals surface area contributed by atoms with Crippen LogP contribution in [-0.2, 0) is 27.3 Å². The maximum absolute atomic E-state index is 13.3. The van der Waals surface area contributed by atoms with Gasteiger partial charge in [0.1, 0.15) is 11.6 Å². The highest BCUT2D eigenvalue weighted by molar-refractivity contribution is 6.00. The number of halogens is 1. The number of nitrogens with zero attached hydrogens (tertiary/aromatic N) is 4. The molecular weight excluding hydrogens is 399 g/mol. The van der Waals surface area contributed by atoms with Crippen LogP contribution in [0.5, 0.6) is 0 Å². The minimum atomic E-state index is -0.312. The molecule has 3 heterocycles. The van der Waals surface area contributed by atoms with E-state index < -0.39 is 0 Å².